The lowest BCUT2D eigenvalue weighted by molar-refractivity contribution is -0.126. The van der Waals surface area contributed by atoms with Gasteiger partial charge >= 0.3 is 6.03 Å². The van der Waals surface area contributed by atoms with Crippen LogP contribution in [0.15, 0.2) is 66.7 Å². The largest absolute Gasteiger partial charge is 0.343 e. The highest BCUT2D eigenvalue weighted by Crippen LogP contribution is 2.47. The summed E-state index contributed by atoms with van der Waals surface area (Å²) in [6, 6.07) is 20.6. The highest BCUT2D eigenvalue weighted by Gasteiger charge is 2.54. The third-order valence-electron chi connectivity index (χ3n) is 8.20. The number of nitrogens with one attached hydrogen (secondary N) is 2. The van der Waals surface area contributed by atoms with Gasteiger partial charge in [-0.1, -0.05) is 30.3 Å². The van der Waals surface area contributed by atoms with Crippen LogP contribution in [-0.2, 0) is 27.2 Å². The van der Waals surface area contributed by atoms with Crippen molar-refractivity contribution in [2.75, 3.05) is 46.8 Å². The van der Waals surface area contributed by atoms with Crippen LogP contribution in [-0.4, -0.2) is 61.0 Å². The van der Waals surface area contributed by atoms with Crippen LogP contribution in [0.25, 0.3) is 0 Å². The number of anilines is 5. The molecular weight excluding hydrogens is 496 g/mol. The molecule has 0 radical (unpaired) electrons. The molecule has 10 nitrogen and oxygen atoms in total. The monoisotopic (exact) mass is 522 g/mol. The molecule has 3 aromatic rings. The zero-order valence-corrected chi connectivity index (χ0v) is 21.3. The van der Waals surface area contributed by atoms with Crippen LogP contribution >= 0.6 is 0 Å². The van der Waals surface area contributed by atoms with Gasteiger partial charge in [-0.05, 0) is 47.5 Å². The first-order chi connectivity index (χ1) is 18.8. The van der Waals surface area contributed by atoms with Gasteiger partial charge in [0.2, 0.25) is 5.91 Å². The molecule has 1 aliphatic carbocycles. The highest BCUT2D eigenvalue weighted by atomic mass is 16.2. The van der Waals surface area contributed by atoms with Gasteiger partial charge in [0.05, 0.1) is 36.8 Å². The summed E-state index contributed by atoms with van der Waals surface area (Å²) in [6.45, 7) is 0.789. The van der Waals surface area contributed by atoms with Crippen molar-refractivity contribution in [2.24, 2.45) is 0 Å². The zero-order chi connectivity index (χ0) is 26.9. The molecule has 4 aliphatic rings. The number of imide groups is 1. The summed E-state index contributed by atoms with van der Waals surface area (Å²) in [5, 5.41) is 5.39. The van der Waals surface area contributed by atoms with E-state index in [2.05, 4.69) is 10.6 Å². The van der Waals surface area contributed by atoms with E-state index in [1.54, 1.807) is 11.9 Å². The molecule has 196 valence electrons. The van der Waals surface area contributed by atoms with E-state index >= 15 is 0 Å². The first-order valence-electron chi connectivity index (χ1n) is 12.9. The van der Waals surface area contributed by atoms with E-state index in [1.165, 1.54) is 4.90 Å². The van der Waals surface area contributed by atoms with Gasteiger partial charge in [-0.15, -0.1) is 0 Å². The Morgan fingerprint density at radius 2 is 1.72 bits per heavy atom. The first kappa shape index (κ1) is 23.3. The molecule has 3 aromatic carbocycles. The minimum absolute atomic E-state index is 0.0173. The first-order valence-corrected chi connectivity index (χ1v) is 12.9. The molecule has 10 heteroatoms. The molecule has 1 unspecified atom stereocenters. The zero-order valence-electron chi connectivity index (χ0n) is 21.3. The molecule has 0 aromatic heterocycles. The lowest BCUT2D eigenvalue weighted by atomic mass is 9.95. The number of urea groups is 1. The molecule has 5 amide bonds. The number of para-hydroxylation sites is 2. The molecule has 2 N–H and O–H groups in total. The maximum Gasteiger partial charge on any atom is 0.324 e. The predicted molar refractivity (Wildman–Crippen MR) is 146 cm³/mol. The molecule has 3 aliphatic heterocycles. The molecule has 7 rings (SSSR count). The molecule has 0 bridgehead atoms. The number of benzene rings is 3. The third-order valence-corrected chi connectivity index (χ3v) is 8.20. The van der Waals surface area contributed by atoms with Crippen LogP contribution in [0.2, 0.25) is 0 Å². The molecule has 1 fully saturated rings. The van der Waals surface area contributed by atoms with Gasteiger partial charge in [0.25, 0.3) is 11.8 Å². The second kappa shape index (κ2) is 8.32. The van der Waals surface area contributed by atoms with Crippen molar-refractivity contribution in [1.82, 2.24) is 10.2 Å². The van der Waals surface area contributed by atoms with Crippen molar-refractivity contribution in [3.8, 4) is 0 Å². The van der Waals surface area contributed by atoms with Gasteiger partial charge in [0.1, 0.15) is 5.54 Å². The molecule has 3 heterocycles. The van der Waals surface area contributed by atoms with E-state index in [0.717, 1.165) is 33.9 Å². The average Bonchev–Trinajstić information content (AvgIpc) is 3.54. The Morgan fingerprint density at radius 1 is 0.949 bits per heavy atom. The summed E-state index contributed by atoms with van der Waals surface area (Å²) in [7, 11) is 1.64. The lowest BCUT2D eigenvalue weighted by Gasteiger charge is -2.34. The van der Waals surface area contributed by atoms with Gasteiger partial charge in [-0.25, -0.2) is 4.79 Å². The van der Waals surface area contributed by atoms with Crippen molar-refractivity contribution in [2.45, 2.75) is 18.4 Å². The SMILES string of the molecule is CN1C(=O)NC(=O)C12Cc1ccc(NC(=O)CN3CN4CC(=O)N(c5ccccc5)c5cccc3c54)cc1C2. The number of likely N-dealkylation sites (N-methyl/N-ethyl adjacent to an activating group) is 1. The van der Waals surface area contributed by atoms with Crippen LogP contribution in [0.4, 0.5) is 33.2 Å². The summed E-state index contributed by atoms with van der Waals surface area (Å²) in [6.07, 6.45) is 0.857. The van der Waals surface area contributed by atoms with Crippen molar-refractivity contribution in [1.29, 1.82) is 0 Å². The van der Waals surface area contributed by atoms with E-state index < -0.39 is 5.54 Å². The van der Waals surface area contributed by atoms with E-state index in [1.807, 2.05) is 76.5 Å². The van der Waals surface area contributed by atoms with Crippen LogP contribution in [0.1, 0.15) is 11.1 Å². The number of rotatable bonds is 4. The number of hydrogen-bond donors (Lipinski definition) is 2. The van der Waals surface area contributed by atoms with Crippen molar-refractivity contribution in [3.63, 3.8) is 0 Å². The fraction of sp³-hybridized carbons (Fsp3) is 0.241. The predicted octanol–water partition coefficient (Wildman–Crippen LogP) is 2.61. The van der Waals surface area contributed by atoms with Crippen LogP contribution in [0.3, 0.4) is 0 Å². The Labute approximate surface area is 224 Å². The summed E-state index contributed by atoms with van der Waals surface area (Å²) in [5.41, 5.74) is 5.16. The maximum atomic E-state index is 13.2. The van der Waals surface area contributed by atoms with E-state index in [9.17, 15) is 19.2 Å². The fourth-order valence-electron chi connectivity index (χ4n) is 6.27. The van der Waals surface area contributed by atoms with Crippen molar-refractivity contribution in [3.05, 3.63) is 77.9 Å². The summed E-state index contributed by atoms with van der Waals surface area (Å²) < 4.78 is 0. The second-order valence-corrected chi connectivity index (χ2v) is 10.5. The van der Waals surface area contributed by atoms with E-state index in [0.29, 0.717) is 25.2 Å². The highest BCUT2D eigenvalue weighted by molar-refractivity contribution is 6.12. The number of hydrogen-bond acceptors (Lipinski definition) is 6. The van der Waals surface area contributed by atoms with Gasteiger partial charge in [-0.3, -0.25) is 24.6 Å². The summed E-state index contributed by atoms with van der Waals surface area (Å²) in [4.78, 5) is 58.1. The number of fused-ring (bicyclic) bond motifs is 1. The number of carbonyl (C=O) groups excluding carboxylic acids is 4. The van der Waals surface area contributed by atoms with Crippen LogP contribution in [0, 0.1) is 0 Å². The lowest BCUT2D eigenvalue weighted by Crippen LogP contribution is -2.48. The third kappa shape index (κ3) is 3.48. The van der Waals surface area contributed by atoms with Gasteiger partial charge in [0, 0.05) is 31.3 Å². The normalized spacial score (nSPS) is 21.0. The standard InChI is InChI=1S/C29H26N6O4/c1-32-28(39)31-27(38)29(32)13-18-10-11-20(12-19(18)14-29)30-24(36)15-33-17-34-16-25(37)35(21-6-3-2-4-7-21)23-9-5-8-22(33)26(23)34/h2-12H,13-17H2,1H3,(H,30,36)(H,31,38,39). The molecule has 39 heavy (non-hydrogen) atoms. The molecule has 1 spiro atoms. The van der Waals surface area contributed by atoms with Crippen molar-refractivity contribution < 1.29 is 19.2 Å². The van der Waals surface area contributed by atoms with Gasteiger partial charge < -0.3 is 20.0 Å². The Balaban J connectivity index is 1.09. The second-order valence-electron chi connectivity index (χ2n) is 10.5. The molecule has 0 saturated carbocycles. The maximum absolute atomic E-state index is 13.2. The number of amides is 5. The fourth-order valence-corrected chi connectivity index (χ4v) is 6.27. The molecule has 1 saturated heterocycles. The summed E-state index contributed by atoms with van der Waals surface area (Å²) >= 11 is 0. The van der Waals surface area contributed by atoms with Crippen molar-refractivity contribution >= 4 is 52.2 Å². The van der Waals surface area contributed by atoms with Crippen LogP contribution in [0.5, 0.6) is 0 Å². The molecular formula is C29H26N6O4. The van der Waals surface area contributed by atoms with Crippen LogP contribution < -0.4 is 25.3 Å². The van der Waals surface area contributed by atoms with E-state index in [4.69, 9.17) is 0 Å². The van der Waals surface area contributed by atoms with Gasteiger partial charge in [0.15, 0.2) is 0 Å². The Morgan fingerprint density at radius 3 is 2.49 bits per heavy atom. The minimum Gasteiger partial charge on any atom is -0.343 e. The topological polar surface area (TPSA) is 105 Å². The average molecular weight is 523 g/mol. The number of nitrogens with zero attached hydrogens (tertiary/aromatic N) is 4. The number of carbonyl (C=O) groups is 4. The molecule has 1 atom stereocenters. The quantitative estimate of drug-likeness (QED) is 0.511. The minimum atomic E-state index is -0.903. The van der Waals surface area contributed by atoms with Gasteiger partial charge in [-0.2, -0.15) is 0 Å². The smallest absolute Gasteiger partial charge is 0.324 e. The summed E-state index contributed by atoms with van der Waals surface area (Å²) in [5.74, 6) is -0.483. The Hall–Kier alpha value is -4.86. The Kier molecular flexibility index (Phi) is 4.97. The Bertz CT molecular complexity index is 1570. The van der Waals surface area contributed by atoms with E-state index in [-0.39, 0.29) is 36.8 Å².